The first-order valence-electron chi connectivity index (χ1n) is 10.8. The molecule has 35 heavy (non-hydrogen) atoms. The molecule has 0 radical (unpaired) electrons. The summed E-state index contributed by atoms with van der Waals surface area (Å²) in [5.41, 5.74) is 0.927. The van der Waals surface area contributed by atoms with Crippen LogP contribution in [0.4, 0.5) is 8.78 Å². The molecule has 3 aromatic rings. The summed E-state index contributed by atoms with van der Waals surface area (Å²) in [5, 5.41) is 17.7. The highest BCUT2D eigenvalue weighted by molar-refractivity contribution is 7.93. The van der Waals surface area contributed by atoms with E-state index in [2.05, 4.69) is 20.1 Å². The number of halogens is 2. The number of rotatable bonds is 6. The van der Waals surface area contributed by atoms with E-state index in [-0.39, 0.29) is 36.0 Å². The summed E-state index contributed by atoms with van der Waals surface area (Å²) in [5.74, 6) is -0.844. The van der Waals surface area contributed by atoms with E-state index in [1.807, 2.05) is 0 Å². The molecular formula is C22H22F2N4O6S. The SMILES string of the molecule is CC1(NC(=O)c2cnc3c(-c4cccc(OC(F)F)c4)nn(C4COC[C@H]4O)c3c2)CS(=O)(=O)C1. The molecule has 186 valence electrons. The Balaban J connectivity index is 1.55. The van der Waals surface area contributed by atoms with E-state index >= 15 is 0 Å². The van der Waals surface area contributed by atoms with Gasteiger partial charge in [-0.2, -0.15) is 13.9 Å². The summed E-state index contributed by atoms with van der Waals surface area (Å²) < 4.78 is 59.9. The predicted octanol–water partition coefficient (Wildman–Crippen LogP) is 1.55. The first-order chi connectivity index (χ1) is 16.5. The fourth-order valence-corrected chi connectivity index (χ4v) is 6.52. The molecule has 1 aromatic carbocycles. The number of carbonyl (C=O) groups is 1. The summed E-state index contributed by atoms with van der Waals surface area (Å²) >= 11 is 0. The van der Waals surface area contributed by atoms with Crippen LogP contribution in [0.15, 0.2) is 36.5 Å². The topological polar surface area (TPSA) is 133 Å². The van der Waals surface area contributed by atoms with Crippen molar-refractivity contribution in [3.8, 4) is 17.0 Å². The maximum Gasteiger partial charge on any atom is 0.387 e. The lowest BCUT2D eigenvalue weighted by Gasteiger charge is -2.38. The Morgan fingerprint density at radius 1 is 1.31 bits per heavy atom. The van der Waals surface area contributed by atoms with Crippen molar-refractivity contribution < 1.29 is 36.6 Å². The van der Waals surface area contributed by atoms with Crippen LogP contribution in [0.2, 0.25) is 0 Å². The largest absolute Gasteiger partial charge is 0.435 e. The second-order valence-electron chi connectivity index (χ2n) is 9.01. The van der Waals surface area contributed by atoms with E-state index < -0.39 is 40.0 Å². The van der Waals surface area contributed by atoms with Crippen LogP contribution < -0.4 is 10.1 Å². The number of benzene rings is 1. The average molecular weight is 509 g/mol. The number of aliphatic hydroxyl groups is 1. The summed E-state index contributed by atoms with van der Waals surface area (Å²) in [6.07, 6.45) is 0.487. The average Bonchev–Trinajstić information content (AvgIpc) is 3.34. The van der Waals surface area contributed by atoms with E-state index in [0.29, 0.717) is 22.3 Å². The third-order valence-corrected chi connectivity index (χ3v) is 8.12. The lowest BCUT2D eigenvalue weighted by atomic mass is 10.1. The number of aliphatic hydroxyl groups excluding tert-OH is 1. The summed E-state index contributed by atoms with van der Waals surface area (Å²) in [6.45, 7) is -1.05. The van der Waals surface area contributed by atoms with Gasteiger partial charge in [0.25, 0.3) is 5.91 Å². The zero-order chi connectivity index (χ0) is 25.0. The summed E-state index contributed by atoms with van der Waals surface area (Å²) in [6, 6.07) is 6.99. The van der Waals surface area contributed by atoms with Crippen molar-refractivity contribution in [3.63, 3.8) is 0 Å². The molecule has 1 amide bonds. The molecule has 13 heteroatoms. The van der Waals surface area contributed by atoms with Gasteiger partial charge in [-0.25, -0.2) is 8.42 Å². The van der Waals surface area contributed by atoms with Gasteiger partial charge in [-0.05, 0) is 25.1 Å². The van der Waals surface area contributed by atoms with Crippen LogP contribution in [0.25, 0.3) is 22.3 Å². The molecule has 2 aliphatic heterocycles. The Bertz CT molecular complexity index is 1400. The second-order valence-corrected chi connectivity index (χ2v) is 11.1. The lowest BCUT2D eigenvalue weighted by molar-refractivity contribution is -0.0498. The van der Waals surface area contributed by atoms with Crippen molar-refractivity contribution in [3.05, 3.63) is 42.1 Å². The highest BCUT2D eigenvalue weighted by Gasteiger charge is 2.45. The highest BCUT2D eigenvalue weighted by Crippen LogP contribution is 2.33. The Labute approximate surface area is 198 Å². The van der Waals surface area contributed by atoms with Gasteiger partial charge in [0, 0.05) is 11.8 Å². The number of sulfone groups is 1. The van der Waals surface area contributed by atoms with Crippen molar-refractivity contribution in [1.29, 1.82) is 0 Å². The molecular weight excluding hydrogens is 486 g/mol. The molecule has 10 nitrogen and oxygen atoms in total. The molecule has 2 fully saturated rings. The van der Waals surface area contributed by atoms with E-state index in [4.69, 9.17) is 4.74 Å². The molecule has 0 saturated carbocycles. The van der Waals surface area contributed by atoms with Crippen LogP contribution in [0.1, 0.15) is 23.3 Å². The van der Waals surface area contributed by atoms with Crippen molar-refractivity contribution in [2.24, 2.45) is 0 Å². The number of nitrogens with zero attached hydrogens (tertiary/aromatic N) is 3. The molecule has 2 aromatic heterocycles. The monoisotopic (exact) mass is 508 g/mol. The lowest BCUT2D eigenvalue weighted by Crippen LogP contribution is -2.63. The number of nitrogens with one attached hydrogen (secondary N) is 1. The number of fused-ring (bicyclic) bond motifs is 1. The maximum atomic E-state index is 12.9. The number of hydrogen-bond donors (Lipinski definition) is 2. The number of alkyl halides is 2. The minimum Gasteiger partial charge on any atom is -0.435 e. The zero-order valence-corrected chi connectivity index (χ0v) is 19.3. The highest BCUT2D eigenvalue weighted by atomic mass is 32.2. The minimum absolute atomic E-state index is 0.0517. The molecule has 4 heterocycles. The van der Waals surface area contributed by atoms with E-state index in [1.54, 1.807) is 25.1 Å². The Morgan fingerprint density at radius 2 is 2.09 bits per heavy atom. The third-order valence-electron chi connectivity index (χ3n) is 5.97. The number of ether oxygens (including phenoxy) is 2. The minimum atomic E-state index is -3.16. The van der Waals surface area contributed by atoms with Crippen molar-refractivity contribution in [1.82, 2.24) is 20.1 Å². The Morgan fingerprint density at radius 3 is 2.74 bits per heavy atom. The van der Waals surface area contributed by atoms with Gasteiger partial charge in [0.1, 0.15) is 29.1 Å². The maximum absolute atomic E-state index is 12.9. The fraction of sp³-hybridized carbons (Fsp3) is 0.409. The van der Waals surface area contributed by atoms with Gasteiger partial charge in [-0.1, -0.05) is 12.1 Å². The van der Waals surface area contributed by atoms with Crippen molar-refractivity contribution >= 4 is 26.8 Å². The fourth-order valence-electron chi connectivity index (χ4n) is 4.52. The standard InChI is InChI=1S/C22H22F2N4O6S/c1-22(10-35(31,32)11-22)26-20(30)13-6-15-19(25-7-13)18(27-28(15)16-8-33-9-17(16)29)12-3-2-4-14(5-12)34-21(23)24/h2-7,16-17,21,29H,8-11H2,1H3,(H,26,30)/t16?,17-/m1/s1. The predicted molar refractivity (Wildman–Crippen MR) is 120 cm³/mol. The quantitative estimate of drug-likeness (QED) is 0.513. The van der Waals surface area contributed by atoms with Crippen molar-refractivity contribution in [2.75, 3.05) is 24.7 Å². The molecule has 2 saturated heterocycles. The third kappa shape index (κ3) is 4.58. The molecule has 1 unspecified atom stereocenters. The van der Waals surface area contributed by atoms with Crippen LogP contribution in [-0.2, 0) is 14.6 Å². The zero-order valence-electron chi connectivity index (χ0n) is 18.5. The molecule has 0 bridgehead atoms. The summed E-state index contributed by atoms with van der Waals surface area (Å²) in [7, 11) is -3.16. The number of hydrogen-bond acceptors (Lipinski definition) is 8. The van der Waals surface area contributed by atoms with Gasteiger partial charge in [-0.15, -0.1) is 0 Å². The van der Waals surface area contributed by atoms with E-state index in [1.165, 1.54) is 23.0 Å². The van der Waals surface area contributed by atoms with Gasteiger partial charge in [0.05, 0.1) is 41.3 Å². The molecule has 2 aliphatic rings. The normalized spacial score (nSPS) is 22.8. The van der Waals surface area contributed by atoms with Crippen LogP contribution in [0.5, 0.6) is 5.75 Å². The first kappa shape index (κ1) is 23.6. The smallest absolute Gasteiger partial charge is 0.387 e. The van der Waals surface area contributed by atoms with Crippen molar-refractivity contribution in [2.45, 2.75) is 31.2 Å². The molecule has 0 aliphatic carbocycles. The molecule has 5 rings (SSSR count). The number of pyridine rings is 1. The van der Waals surface area contributed by atoms with Gasteiger partial charge >= 0.3 is 6.61 Å². The van der Waals surface area contributed by atoms with Gasteiger partial charge < -0.3 is 19.9 Å². The van der Waals surface area contributed by atoms with Crippen LogP contribution >= 0.6 is 0 Å². The van der Waals surface area contributed by atoms with E-state index in [9.17, 15) is 27.1 Å². The van der Waals surface area contributed by atoms with Gasteiger partial charge in [0.2, 0.25) is 0 Å². The summed E-state index contributed by atoms with van der Waals surface area (Å²) in [4.78, 5) is 17.3. The Kier molecular flexibility index (Phi) is 5.73. The van der Waals surface area contributed by atoms with Gasteiger partial charge in [0.15, 0.2) is 9.84 Å². The molecule has 2 atom stereocenters. The molecule has 0 spiro atoms. The van der Waals surface area contributed by atoms with Crippen LogP contribution in [-0.4, -0.2) is 77.2 Å². The second kappa shape index (κ2) is 8.50. The Hall–Kier alpha value is -3.16. The van der Waals surface area contributed by atoms with Crippen LogP contribution in [0, 0.1) is 0 Å². The molecule has 2 N–H and O–H groups in total. The van der Waals surface area contributed by atoms with Gasteiger partial charge in [-0.3, -0.25) is 14.5 Å². The number of carbonyl (C=O) groups excluding carboxylic acids is 1. The van der Waals surface area contributed by atoms with Crippen LogP contribution in [0.3, 0.4) is 0 Å². The number of aromatic nitrogens is 3. The first-order valence-corrected chi connectivity index (χ1v) is 12.6. The van der Waals surface area contributed by atoms with E-state index in [0.717, 1.165) is 0 Å². The number of amides is 1.